The van der Waals surface area contributed by atoms with Crippen molar-refractivity contribution in [2.75, 3.05) is 0 Å². The van der Waals surface area contributed by atoms with Crippen molar-refractivity contribution in [1.82, 2.24) is 5.32 Å². The third-order valence-electron chi connectivity index (χ3n) is 1.47. The molecule has 3 nitrogen and oxygen atoms in total. The van der Waals surface area contributed by atoms with Crippen LogP contribution in [0, 0.1) is 0 Å². The van der Waals surface area contributed by atoms with E-state index >= 15 is 0 Å². The normalized spacial score (nSPS) is 14.2. The van der Waals surface area contributed by atoms with Gasteiger partial charge in [-0.3, -0.25) is 4.79 Å². The minimum atomic E-state index is -4.64. The number of nitrogens with one attached hydrogen (secondary N) is 1. The topological polar surface area (TPSA) is 49.3 Å². The molecule has 0 saturated heterocycles. The molecule has 0 saturated carbocycles. The van der Waals surface area contributed by atoms with E-state index in [1.807, 2.05) is 0 Å². The van der Waals surface area contributed by atoms with Gasteiger partial charge in [-0.25, -0.2) is 0 Å². The molecular weight excluding hydrogens is 199 g/mol. The second-order valence-electron chi connectivity index (χ2n) is 3.32. The Morgan fingerprint density at radius 3 is 2.29 bits per heavy atom. The van der Waals surface area contributed by atoms with E-state index in [-0.39, 0.29) is 12.5 Å². The van der Waals surface area contributed by atoms with Crippen molar-refractivity contribution in [3.63, 3.8) is 0 Å². The molecule has 0 spiro atoms. The summed E-state index contributed by atoms with van der Waals surface area (Å²) in [6.07, 6.45) is -7.97. The summed E-state index contributed by atoms with van der Waals surface area (Å²) in [5, 5.41) is 11.0. The summed E-state index contributed by atoms with van der Waals surface area (Å²) in [5.41, 5.74) is 0. The summed E-state index contributed by atoms with van der Waals surface area (Å²) in [7, 11) is 0. The second-order valence-corrected chi connectivity index (χ2v) is 3.32. The molecule has 0 radical (unpaired) electrons. The van der Waals surface area contributed by atoms with E-state index in [0.29, 0.717) is 0 Å². The van der Waals surface area contributed by atoms with E-state index in [2.05, 4.69) is 5.32 Å². The highest BCUT2D eigenvalue weighted by atomic mass is 19.4. The summed E-state index contributed by atoms with van der Waals surface area (Å²) >= 11 is 0. The molecule has 0 rings (SSSR count). The van der Waals surface area contributed by atoms with Gasteiger partial charge in [-0.05, 0) is 20.3 Å². The van der Waals surface area contributed by atoms with Crippen molar-refractivity contribution >= 4 is 5.91 Å². The number of carbonyl (C=O) groups excluding carboxylic acids is 1. The first-order chi connectivity index (χ1) is 6.23. The molecule has 0 aliphatic rings. The lowest BCUT2D eigenvalue weighted by molar-refractivity contribution is -0.205. The number of aliphatic hydroxyl groups is 1. The average molecular weight is 213 g/mol. The van der Waals surface area contributed by atoms with Crippen LogP contribution in [0.2, 0.25) is 0 Å². The second kappa shape index (κ2) is 5.19. The van der Waals surface area contributed by atoms with Crippen LogP contribution >= 0.6 is 0 Å². The minimum absolute atomic E-state index is 0.106. The largest absolute Gasteiger partial charge is 0.414 e. The molecule has 0 fully saturated rings. The molecule has 2 N–H and O–H groups in total. The van der Waals surface area contributed by atoms with Crippen molar-refractivity contribution in [3.8, 4) is 0 Å². The maximum absolute atomic E-state index is 11.8. The van der Waals surface area contributed by atoms with Crippen molar-refractivity contribution in [1.29, 1.82) is 0 Å². The number of hydrogen-bond acceptors (Lipinski definition) is 2. The zero-order valence-corrected chi connectivity index (χ0v) is 8.06. The molecule has 0 aromatic heterocycles. The average Bonchev–Trinajstić information content (AvgIpc) is 1.96. The monoisotopic (exact) mass is 213 g/mol. The summed E-state index contributed by atoms with van der Waals surface area (Å²) < 4.78 is 35.3. The zero-order valence-electron chi connectivity index (χ0n) is 8.06. The number of carbonyl (C=O) groups is 1. The Kier molecular flexibility index (Phi) is 4.90. The molecule has 14 heavy (non-hydrogen) atoms. The lowest BCUT2D eigenvalue weighted by atomic mass is 10.2. The van der Waals surface area contributed by atoms with Crippen LogP contribution in [0.5, 0.6) is 0 Å². The Bertz CT molecular complexity index is 192. The van der Waals surface area contributed by atoms with E-state index in [4.69, 9.17) is 5.11 Å². The molecule has 6 heteroatoms. The number of amides is 1. The van der Waals surface area contributed by atoms with Gasteiger partial charge >= 0.3 is 6.18 Å². The van der Waals surface area contributed by atoms with Gasteiger partial charge in [0.2, 0.25) is 5.91 Å². The zero-order chi connectivity index (χ0) is 11.4. The lowest BCUT2D eigenvalue weighted by Gasteiger charge is -2.14. The Hall–Kier alpha value is -0.780. The van der Waals surface area contributed by atoms with Gasteiger partial charge in [0, 0.05) is 12.5 Å². The summed E-state index contributed by atoms with van der Waals surface area (Å²) in [6, 6.07) is -0.106. The van der Waals surface area contributed by atoms with Crippen LogP contribution in [0.4, 0.5) is 13.2 Å². The van der Waals surface area contributed by atoms with E-state index in [9.17, 15) is 18.0 Å². The van der Waals surface area contributed by atoms with Crippen LogP contribution in [0.3, 0.4) is 0 Å². The van der Waals surface area contributed by atoms with Crippen molar-refractivity contribution in [2.45, 2.75) is 45.0 Å². The van der Waals surface area contributed by atoms with E-state index in [1.54, 1.807) is 13.8 Å². The van der Waals surface area contributed by atoms with Crippen molar-refractivity contribution < 1.29 is 23.1 Å². The fourth-order valence-electron chi connectivity index (χ4n) is 0.826. The van der Waals surface area contributed by atoms with Gasteiger partial charge in [0.1, 0.15) is 6.10 Å². The minimum Gasteiger partial charge on any atom is -0.384 e. The predicted octanol–water partition coefficient (Wildman–Crippen LogP) is 1.21. The van der Waals surface area contributed by atoms with Crippen LogP contribution < -0.4 is 5.32 Å². The van der Waals surface area contributed by atoms with Gasteiger partial charge in [-0.1, -0.05) is 0 Å². The van der Waals surface area contributed by atoms with Gasteiger partial charge < -0.3 is 10.4 Å². The third kappa shape index (κ3) is 5.80. The lowest BCUT2D eigenvalue weighted by Crippen LogP contribution is -2.33. The van der Waals surface area contributed by atoms with E-state index in [1.165, 1.54) is 0 Å². The quantitative estimate of drug-likeness (QED) is 0.737. The fourth-order valence-corrected chi connectivity index (χ4v) is 0.826. The van der Waals surface area contributed by atoms with Gasteiger partial charge in [0.15, 0.2) is 0 Å². The van der Waals surface area contributed by atoms with Gasteiger partial charge in [-0.15, -0.1) is 0 Å². The first-order valence-electron chi connectivity index (χ1n) is 4.27. The summed E-state index contributed by atoms with van der Waals surface area (Å²) in [4.78, 5) is 10.9. The Morgan fingerprint density at radius 2 is 1.93 bits per heavy atom. The van der Waals surface area contributed by atoms with Crippen LogP contribution in [-0.2, 0) is 4.79 Å². The van der Waals surface area contributed by atoms with Crippen LogP contribution in [0.25, 0.3) is 0 Å². The fraction of sp³-hybridized carbons (Fsp3) is 0.875. The van der Waals surface area contributed by atoms with Crippen molar-refractivity contribution in [3.05, 3.63) is 0 Å². The molecule has 0 aromatic rings. The summed E-state index contributed by atoms with van der Waals surface area (Å²) in [6.45, 7) is 3.41. The molecule has 1 amide bonds. The van der Waals surface area contributed by atoms with Crippen molar-refractivity contribution in [2.24, 2.45) is 0 Å². The number of alkyl halides is 3. The molecule has 1 atom stereocenters. The number of hydrogen-bond donors (Lipinski definition) is 2. The van der Waals surface area contributed by atoms with E-state index in [0.717, 1.165) is 0 Å². The molecule has 0 bridgehead atoms. The standard InChI is InChI=1S/C8H14F3NO2/c1-5(2)12-7(14)4-3-6(13)8(9,10)11/h5-6,13H,3-4H2,1-2H3,(H,12,14). The number of rotatable bonds is 4. The molecule has 84 valence electrons. The Balaban J connectivity index is 3.78. The first kappa shape index (κ1) is 13.2. The Morgan fingerprint density at radius 1 is 1.43 bits per heavy atom. The highest BCUT2D eigenvalue weighted by molar-refractivity contribution is 5.76. The van der Waals surface area contributed by atoms with Gasteiger partial charge in [-0.2, -0.15) is 13.2 Å². The number of aliphatic hydroxyl groups excluding tert-OH is 1. The van der Waals surface area contributed by atoms with Gasteiger partial charge in [0.25, 0.3) is 0 Å². The van der Waals surface area contributed by atoms with Crippen LogP contribution in [-0.4, -0.2) is 29.3 Å². The molecule has 0 heterocycles. The smallest absolute Gasteiger partial charge is 0.384 e. The first-order valence-corrected chi connectivity index (χ1v) is 4.27. The van der Waals surface area contributed by atoms with Crippen LogP contribution in [0.1, 0.15) is 26.7 Å². The van der Waals surface area contributed by atoms with Gasteiger partial charge in [0.05, 0.1) is 0 Å². The molecule has 0 aliphatic carbocycles. The highest BCUT2D eigenvalue weighted by Gasteiger charge is 2.37. The molecular formula is C8H14F3NO2. The number of halogens is 3. The highest BCUT2D eigenvalue weighted by Crippen LogP contribution is 2.22. The van der Waals surface area contributed by atoms with Crippen LogP contribution in [0.15, 0.2) is 0 Å². The summed E-state index contributed by atoms with van der Waals surface area (Å²) in [5.74, 6) is -0.483. The van der Waals surface area contributed by atoms with E-state index < -0.39 is 24.6 Å². The Labute approximate surface area is 80.3 Å². The maximum atomic E-state index is 11.8. The maximum Gasteiger partial charge on any atom is 0.414 e. The SMILES string of the molecule is CC(C)NC(=O)CCC(O)C(F)(F)F. The molecule has 0 aliphatic heterocycles. The molecule has 0 aromatic carbocycles. The molecule has 1 unspecified atom stereocenters. The predicted molar refractivity (Wildman–Crippen MR) is 44.6 cm³/mol. The third-order valence-corrected chi connectivity index (χ3v) is 1.47.